The molecule has 0 bridgehead atoms. The molecule has 100 valence electrons. The fraction of sp³-hybridized carbons (Fsp3) is 0.533. The lowest BCUT2D eigenvalue weighted by Crippen LogP contribution is -2.35. The van der Waals surface area contributed by atoms with Crippen LogP contribution in [0.5, 0.6) is 5.75 Å². The number of aryl methyl sites for hydroxylation is 1. The van der Waals surface area contributed by atoms with Crippen LogP contribution in [0.1, 0.15) is 39.2 Å². The molecule has 1 unspecified atom stereocenters. The van der Waals surface area contributed by atoms with Crippen LogP contribution in [-0.4, -0.2) is 17.6 Å². The Hall–Kier alpha value is -1.51. The Morgan fingerprint density at radius 2 is 2.06 bits per heavy atom. The maximum Gasteiger partial charge on any atom is 0.229 e. The quantitative estimate of drug-likeness (QED) is 0.867. The van der Waals surface area contributed by atoms with Crippen molar-refractivity contribution in [3.63, 3.8) is 0 Å². The summed E-state index contributed by atoms with van der Waals surface area (Å²) >= 11 is 0. The summed E-state index contributed by atoms with van der Waals surface area (Å²) < 4.78 is 0. The molecule has 0 fully saturated rings. The zero-order valence-electron chi connectivity index (χ0n) is 11.7. The molecule has 0 aliphatic heterocycles. The summed E-state index contributed by atoms with van der Waals surface area (Å²) in [6.07, 6.45) is 1.90. The van der Waals surface area contributed by atoms with E-state index in [-0.39, 0.29) is 17.6 Å². The minimum Gasteiger partial charge on any atom is -0.508 e. The van der Waals surface area contributed by atoms with Gasteiger partial charge < -0.3 is 10.0 Å². The molecular formula is C15H23NO2. The average molecular weight is 249 g/mol. The molecule has 0 aliphatic rings. The molecule has 1 N–H and O–H groups in total. The molecule has 0 spiro atoms. The summed E-state index contributed by atoms with van der Waals surface area (Å²) in [6.45, 7) is 8.58. The lowest BCUT2D eigenvalue weighted by Gasteiger charge is -2.26. The van der Waals surface area contributed by atoms with Crippen molar-refractivity contribution in [2.75, 3.05) is 11.4 Å². The maximum atomic E-state index is 12.4. The predicted molar refractivity (Wildman–Crippen MR) is 74.9 cm³/mol. The lowest BCUT2D eigenvalue weighted by atomic mass is 10.0. The van der Waals surface area contributed by atoms with Crippen molar-refractivity contribution in [2.24, 2.45) is 5.92 Å². The molecule has 0 saturated heterocycles. The van der Waals surface area contributed by atoms with Crippen molar-refractivity contribution in [1.82, 2.24) is 0 Å². The molecule has 0 heterocycles. The van der Waals surface area contributed by atoms with Crippen molar-refractivity contribution in [3.8, 4) is 5.75 Å². The van der Waals surface area contributed by atoms with E-state index in [9.17, 15) is 9.90 Å². The number of hydrogen-bond acceptors (Lipinski definition) is 2. The molecule has 1 aromatic carbocycles. The van der Waals surface area contributed by atoms with Crippen molar-refractivity contribution in [2.45, 2.75) is 40.5 Å². The Morgan fingerprint density at radius 1 is 1.39 bits per heavy atom. The van der Waals surface area contributed by atoms with Gasteiger partial charge in [0, 0.05) is 18.5 Å². The molecule has 0 aliphatic carbocycles. The number of nitrogens with zero attached hydrogens (tertiary/aromatic N) is 1. The molecule has 3 nitrogen and oxygen atoms in total. The summed E-state index contributed by atoms with van der Waals surface area (Å²) in [4.78, 5) is 14.1. The molecule has 1 rings (SSSR count). The first-order valence-corrected chi connectivity index (χ1v) is 6.62. The second-order valence-corrected chi connectivity index (χ2v) is 4.74. The van der Waals surface area contributed by atoms with E-state index in [1.807, 2.05) is 26.8 Å². The Bertz CT molecular complexity index is 415. The second-order valence-electron chi connectivity index (χ2n) is 4.74. The smallest absolute Gasteiger partial charge is 0.229 e. The number of phenolic OH excluding ortho intramolecular Hbond substituents is 1. The van der Waals surface area contributed by atoms with Crippen molar-refractivity contribution >= 4 is 11.6 Å². The van der Waals surface area contributed by atoms with Gasteiger partial charge in [-0.15, -0.1) is 0 Å². The SMILES string of the molecule is CCCC(C)C(=O)N(CC)c1cc(O)ccc1C. The van der Waals surface area contributed by atoms with E-state index in [0.29, 0.717) is 6.54 Å². The first-order valence-electron chi connectivity index (χ1n) is 6.62. The third-order valence-electron chi connectivity index (χ3n) is 3.21. The van der Waals surface area contributed by atoms with Crippen LogP contribution in [0.15, 0.2) is 18.2 Å². The zero-order valence-corrected chi connectivity index (χ0v) is 11.7. The number of hydrogen-bond donors (Lipinski definition) is 1. The van der Waals surface area contributed by atoms with E-state index in [2.05, 4.69) is 6.92 Å². The standard InChI is InChI=1S/C15H23NO2/c1-5-7-12(4)15(18)16(6-2)14-10-13(17)9-8-11(14)3/h8-10,12,17H,5-7H2,1-4H3. The first kappa shape index (κ1) is 14.6. The van der Waals surface area contributed by atoms with Crippen LogP contribution in [-0.2, 0) is 4.79 Å². The minimum atomic E-state index is 0.0247. The van der Waals surface area contributed by atoms with Gasteiger partial charge in [-0.25, -0.2) is 0 Å². The van der Waals surface area contributed by atoms with Gasteiger partial charge in [0.1, 0.15) is 5.75 Å². The Balaban J connectivity index is 3.02. The number of anilines is 1. The highest BCUT2D eigenvalue weighted by molar-refractivity contribution is 5.95. The molecule has 0 saturated carbocycles. The summed E-state index contributed by atoms with van der Waals surface area (Å²) in [7, 11) is 0. The molecule has 18 heavy (non-hydrogen) atoms. The van der Waals surface area contributed by atoms with Crippen LogP contribution in [0.4, 0.5) is 5.69 Å². The number of carbonyl (C=O) groups excluding carboxylic acids is 1. The van der Waals surface area contributed by atoms with Crippen LogP contribution in [0, 0.1) is 12.8 Å². The van der Waals surface area contributed by atoms with Crippen molar-refractivity contribution < 1.29 is 9.90 Å². The Kier molecular flexibility index (Phi) is 5.20. The largest absolute Gasteiger partial charge is 0.508 e. The van der Waals surface area contributed by atoms with Gasteiger partial charge in [0.25, 0.3) is 0 Å². The number of amides is 1. The Labute approximate surface area is 109 Å². The number of carbonyl (C=O) groups is 1. The van der Waals surface area contributed by atoms with Gasteiger partial charge in [-0.2, -0.15) is 0 Å². The van der Waals surface area contributed by atoms with E-state index in [0.717, 1.165) is 24.1 Å². The van der Waals surface area contributed by atoms with Crippen LogP contribution in [0.25, 0.3) is 0 Å². The van der Waals surface area contributed by atoms with E-state index in [4.69, 9.17) is 0 Å². The third-order valence-corrected chi connectivity index (χ3v) is 3.21. The normalized spacial score (nSPS) is 12.2. The van der Waals surface area contributed by atoms with Crippen LogP contribution < -0.4 is 4.90 Å². The van der Waals surface area contributed by atoms with E-state index in [1.54, 1.807) is 17.0 Å². The highest BCUT2D eigenvalue weighted by atomic mass is 16.3. The van der Waals surface area contributed by atoms with Crippen molar-refractivity contribution in [1.29, 1.82) is 0 Å². The molecular weight excluding hydrogens is 226 g/mol. The van der Waals surface area contributed by atoms with Gasteiger partial charge in [0.05, 0.1) is 5.69 Å². The van der Waals surface area contributed by atoms with E-state index in [1.165, 1.54) is 0 Å². The second kappa shape index (κ2) is 6.43. The monoisotopic (exact) mass is 249 g/mol. The topological polar surface area (TPSA) is 40.5 Å². The third kappa shape index (κ3) is 3.25. The highest BCUT2D eigenvalue weighted by Crippen LogP contribution is 2.26. The van der Waals surface area contributed by atoms with E-state index >= 15 is 0 Å². The number of rotatable bonds is 5. The first-order chi connectivity index (χ1) is 8.51. The lowest BCUT2D eigenvalue weighted by molar-refractivity contribution is -0.122. The molecule has 3 heteroatoms. The van der Waals surface area contributed by atoms with Gasteiger partial charge in [-0.3, -0.25) is 4.79 Å². The summed E-state index contributed by atoms with van der Waals surface area (Å²) in [5, 5.41) is 9.57. The van der Waals surface area contributed by atoms with Crippen LogP contribution >= 0.6 is 0 Å². The van der Waals surface area contributed by atoms with Gasteiger partial charge in [0.2, 0.25) is 5.91 Å². The molecule has 1 atom stereocenters. The van der Waals surface area contributed by atoms with Crippen LogP contribution in [0.2, 0.25) is 0 Å². The molecule has 0 aromatic heterocycles. The maximum absolute atomic E-state index is 12.4. The van der Waals surface area contributed by atoms with Crippen molar-refractivity contribution in [3.05, 3.63) is 23.8 Å². The van der Waals surface area contributed by atoms with Gasteiger partial charge in [-0.1, -0.05) is 26.3 Å². The summed E-state index contributed by atoms with van der Waals surface area (Å²) in [6, 6.07) is 5.15. The highest BCUT2D eigenvalue weighted by Gasteiger charge is 2.21. The molecule has 0 radical (unpaired) electrons. The van der Waals surface area contributed by atoms with Gasteiger partial charge in [0.15, 0.2) is 0 Å². The zero-order chi connectivity index (χ0) is 13.7. The van der Waals surface area contributed by atoms with Gasteiger partial charge in [-0.05, 0) is 31.9 Å². The molecule has 1 amide bonds. The fourth-order valence-corrected chi connectivity index (χ4v) is 2.16. The number of phenols is 1. The summed E-state index contributed by atoms with van der Waals surface area (Å²) in [5.74, 6) is 0.356. The predicted octanol–water partition coefficient (Wildman–Crippen LogP) is 3.49. The van der Waals surface area contributed by atoms with Gasteiger partial charge >= 0.3 is 0 Å². The fourth-order valence-electron chi connectivity index (χ4n) is 2.16. The summed E-state index contributed by atoms with van der Waals surface area (Å²) in [5.41, 5.74) is 1.82. The Morgan fingerprint density at radius 3 is 2.61 bits per heavy atom. The minimum absolute atomic E-state index is 0.0247. The number of aromatic hydroxyl groups is 1. The van der Waals surface area contributed by atoms with E-state index < -0.39 is 0 Å². The molecule has 1 aromatic rings. The van der Waals surface area contributed by atoms with Crippen LogP contribution in [0.3, 0.4) is 0 Å². The number of benzene rings is 1. The average Bonchev–Trinajstić information content (AvgIpc) is 2.34.